The topological polar surface area (TPSA) is 55.4 Å². The van der Waals surface area contributed by atoms with Gasteiger partial charge in [0, 0.05) is 5.57 Å². The number of ketones is 1. The molecule has 1 N–H and O–H groups in total. The average Bonchev–Trinajstić information content (AvgIpc) is 2.47. The Morgan fingerprint density at radius 1 is 1.29 bits per heavy atom. The number of allylic oxidation sites excluding steroid dienone is 2. The van der Waals surface area contributed by atoms with E-state index in [1.54, 1.807) is 26.2 Å². The third kappa shape index (κ3) is 5.26. The van der Waals surface area contributed by atoms with Gasteiger partial charge in [-0.25, -0.2) is 0 Å². The molecule has 1 atom stereocenters. The number of hydrogen-bond acceptors (Lipinski definition) is 3. The molecule has 1 rings (SSSR count). The smallest absolute Gasteiger partial charge is 0.247 e. The van der Waals surface area contributed by atoms with Crippen molar-refractivity contribution < 1.29 is 14.3 Å². The molecule has 21 heavy (non-hydrogen) atoms. The molecule has 0 aliphatic rings. The first kappa shape index (κ1) is 16.7. The quantitative estimate of drug-likeness (QED) is 0.619. The highest BCUT2D eigenvalue weighted by molar-refractivity contribution is 5.96. The predicted octanol–water partition coefficient (Wildman–Crippen LogP) is 2.44. The standard InChI is InChI=1S/C17H21NO3/c1-5-6-12(2)17(20)18-16(13(3)19)11-14-7-9-15(21-4)10-8-14/h5-10,16H,1,11H2,2-4H3,(H,18,20). The minimum atomic E-state index is -0.543. The Labute approximate surface area is 125 Å². The summed E-state index contributed by atoms with van der Waals surface area (Å²) in [7, 11) is 1.60. The highest BCUT2D eigenvalue weighted by Gasteiger charge is 2.18. The number of rotatable bonds is 7. The van der Waals surface area contributed by atoms with Crippen molar-refractivity contribution in [2.24, 2.45) is 0 Å². The molecule has 0 aliphatic carbocycles. The van der Waals surface area contributed by atoms with Crippen molar-refractivity contribution in [3.63, 3.8) is 0 Å². The maximum absolute atomic E-state index is 11.9. The zero-order chi connectivity index (χ0) is 15.8. The molecule has 1 aromatic rings. The lowest BCUT2D eigenvalue weighted by Crippen LogP contribution is -2.41. The Morgan fingerprint density at radius 2 is 1.90 bits per heavy atom. The molecule has 0 spiro atoms. The van der Waals surface area contributed by atoms with Crippen LogP contribution in [0.4, 0.5) is 0 Å². The number of amides is 1. The van der Waals surface area contributed by atoms with E-state index in [0.717, 1.165) is 11.3 Å². The Bertz CT molecular complexity index is 544. The summed E-state index contributed by atoms with van der Waals surface area (Å²) in [5.41, 5.74) is 1.48. The monoisotopic (exact) mass is 287 g/mol. The van der Waals surface area contributed by atoms with Crippen molar-refractivity contribution >= 4 is 11.7 Å². The summed E-state index contributed by atoms with van der Waals surface area (Å²) < 4.78 is 5.09. The molecule has 0 aliphatic heterocycles. The maximum Gasteiger partial charge on any atom is 0.247 e. The molecule has 1 aromatic carbocycles. The Balaban J connectivity index is 2.77. The van der Waals surface area contributed by atoms with E-state index < -0.39 is 6.04 Å². The summed E-state index contributed by atoms with van der Waals surface area (Å²) in [6, 6.07) is 6.88. The van der Waals surface area contributed by atoms with Crippen LogP contribution in [0, 0.1) is 0 Å². The summed E-state index contributed by atoms with van der Waals surface area (Å²) >= 11 is 0. The van der Waals surface area contributed by atoms with Gasteiger partial charge < -0.3 is 10.1 Å². The van der Waals surface area contributed by atoms with Crippen LogP contribution in [0.15, 0.2) is 48.6 Å². The van der Waals surface area contributed by atoms with Crippen LogP contribution < -0.4 is 10.1 Å². The zero-order valence-corrected chi connectivity index (χ0v) is 12.7. The van der Waals surface area contributed by atoms with E-state index in [2.05, 4.69) is 11.9 Å². The first-order chi connectivity index (χ1) is 9.97. The van der Waals surface area contributed by atoms with Gasteiger partial charge in [0.15, 0.2) is 5.78 Å². The number of ether oxygens (including phenoxy) is 1. The van der Waals surface area contributed by atoms with Crippen molar-refractivity contribution in [1.29, 1.82) is 0 Å². The van der Waals surface area contributed by atoms with Gasteiger partial charge in [-0.3, -0.25) is 9.59 Å². The lowest BCUT2D eigenvalue weighted by Gasteiger charge is -2.16. The number of methoxy groups -OCH3 is 1. The molecule has 0 saturated heterocycles. The lowest BCUT2D eigenvalue weighted by atomic mass is 10.0. The van der Waals surface area contributed by atoms with Crippen LogP contribution in [0.3, 0.4) is 0 Å². The van der Waals surface area contributed by atoms with E-state index in [4.69, 9.17) is 4.74 Å². The first-order valence-corrected chi connectivity index (χ1v) is 6.71. The normalized spacial score (nSPS) is 12.4. The first-order valence-electron chi connectivity index (χ1n) is 6.71. The van der Waals surface area contributed by atoms with Crippen LogP contribution in [0.25, 0.3) is 0 Å². The molecule has 0 aromatic heterocycles. The summed E-state index contributed by atoms with van der Waals surface area (Å²) in [4.78, 5) is 23.6. The summed E-state index contributed by atoms with van der Waals surface area (Å²) in [6.45, 7) is 6.70. The summed E-state index contributed by atoms with van der Waals surface area (Å²) in [5.74, 6) is 0.418. The molecule has 112 valence electrons. The Hall–Kier alpha value is -2.36. The Morgan fingerprint density at radius 3 is 2.38 bits per heavy atom. The van der Waals surface area contributed by atoms with Gasteiger partial charge in [0.05, 0.1) is 13.2 Å². The third-order valence-corrected chi connectivity index (χ3v) is 3.12. The average molecular weight is 287 g/mol. The molecule has 0 fully saturated rings. The molecule has 4 nitrogen and oxygen atoms in total. The van der Waals surface area contributed by atoms with Crippen LogP contribution in [0.2, 0.25) is 0 Å². The maximum atomic E-state index is 11.9. The van der Waals surface area contributed by atoms with Gasteiger partial charge in [-0.1, -0.05) is 30.9 Å². The highest BCUT2D eigenvalue weighted by atomic mass is 16.5. The van der Waals surface area contributed by atoms with E-state index in [9.17, 15) is 9.59 Å². The number of hydrogen-bond donors (Lipinski definition) is 1. The van der Waals surface area contributed by atoms with Crippen molar-refractivity contribution in [1.82, 2.24) is 5.32 Å². The van der Waals surface area contributed by atoms with E-state index >= 15 is 0 Å². The van der Waals surface area contributed by atoms with E-state index in [1.807, 2.05) is 24.3 Å². The molecule has 1 amide bonds. The number of carbonyl (C=O) groups excluding carboxylic acids is 2. The fourth-order valence-corrected chi connectivity index (χ4v) is 1.82. The van der Waals surface area contributed by atoms with Gasteiger partial charge in [-0.2, -0.15) is 0 Å². The number of nitrogens with one attached hydrogen (secondary N) is 1. The third-order valence-electron chi connectivity index (χ3n) is 3.12. The SMILES string of the molecule is C=CC=C(C)C(=O)NC(Cc1ccc(OC)cc1)C(C)=O. The summed E-state index contributed by atoms with van der Waals surface area (Å²) in [5, 5.41) is 2.74. The van der Waals surface area contributed by atoms with Crippen molar-refractivity contribution in [3.05, 3.63) is 54.1 Å². The summed E-state index contributed by atoms with van der Waals surface area (Å²) in [6.07, 6.45) is 3.60. The molecular formula is C17H21NO3. The van der Waals surface area contributed by atoms with Gasteiger partial charge in [0.2, 0.25) is 5.91 Å². The van der Waals surface area contributed by atoms with Crippen LogP contribution in [-0.2, 0) is 16.0 Å². The highest BCUT2D eigenvalue weighted by Crippen LogP contribution is 2.13. The van der Waals surface area contributed by atoms with Gasteiger partial charge >= 0.3 is 0 Å². The predicted molar refractivity (Wildman–Crippen MR) is 83.3 cm³/mol. The van der Waals surface area contributed by atoms with E-state index in [-0.39, 0.29) is 11.7 Å². The fraction of sp³-hybridized carbons (Fsp3) is 0.294. The van der Waals surface area contributed by atoms with E-state index in [1.165, 1.54) is 6.92 Å². The minimum absolute atomic E-state index is 0.0782. The van der Waals surface area contributed by atoms with Gasteiger partial charge in [0.1, 0.15) is 5.75 Å². The van der Waals surface area contributed by atoms with Crippen LogP contribution >= 0.6 is 0 Å². The second-order valence-corrected chi connectivity index (χ2v) is 4.77. The zero-order valence-electron chi connectivity index (χ0n) is 12.7. The molecule has 4 heteroatoms. The molecule has 0 heterocycles. The van der Waals surface area contributed by atoms with Gasteiger partial charge in [-0.15, -0.1) is 0 Å². The van der Waals surface area contributed by atoms with Gasteiger partial charge in [0.25, 0.3) is 0 Å². The fourth-order valence-electron chi connectivity index (χ4n) is 1.82. The molecule has 1 unspecified atom stereocenters. The molecular weight excluding hydrogens is 266 g/mol. The number of carbonyl (C=O) groups is 2. The molecule has 0 radical (unpaired) electrons. The lowest BCUT2D eigenvalue weighted by molar-refractivity contribution is -0.124. The van der Waals surface area contributed by atoms with Crippen molar-refractivity contribution in [2.75, 3.05) is 7.11 Å². The number of Topliss-reactive ketones (excluding diaryl/α,β-unsaturated/α-hetero) is 1. The van der Waals surface area contributed by atoms with Crippen LogP contribution in [-0.4, -0.2) is 24.8 Å². The largest absolute Gasteiger partial charge is 0.497 e. The van der Waals surface area contributed by atoms with Crippen molar-refractivity contribution in [2.45, 2.75) is 26.3 Å². The molecule has 0 saturated carbocycles. The Kier molecular flexibility index (Phi) is 6.40. The second kappa shape index (κ2) is 8.04. The van der Waals surface area contributed by atoms with Crippen LogP contribution in [0.1, 0.15) is 19.4 Å². The van der Waals surface area contributed by atoms with Gasteiger partial charge in [-0.05, 0) is 38.0 Å². The van der Waals surface area contributed by atoms with Crippen LogP contribution in [0.5, 0.6) is 5.75 Å². The minimum Gasteiger partial charge on any atom is -0.497 e. The van der Waals surface area contributed by atoms with E-state index in [0.29, 0.717) is 12.0 Å². The number of benzene rings is 1. The molecule has 0 bridgehead atoms. The van der Waals surface area contributed by atoms with Crippen molar-refractivity contribution in [3.8, 4) is 5.75 Å². The second-order valence-electron chi connectivity index (χ2n) is 4.77.